The largest absolute Gasteiger partial charge is 0.313 e. The number of rotatable bonds is 9. The summed E-state index contributed by atoms with van der Waals surface area (Å²) < 4.78 is 26.9. The minimum absolute atomic E-state index is 0.110. The van der Waals surface area contributed by atoms with Gasteiger partial charge in [-0.3, -0.25) is 30.1 Å². The van der Waals surface area contributed by atoms with Crippen molar-refractivity contribution in [1.29, 1.82) is 0 Å². The summed E-state index contributed by atoms with van der Waals surface area (Å²) in [4.78, 5) is 40.8. The average Bonchev–Trinajstić information content (AvgIpc) is 3.22. The van der Waals surface area contributed by atoms with Gasteiger partial charge in [-0.05, 0) is 56.5 Å². The molecular formula is C25H35N5O5S2. The molecule has 1 aliphatic rings. The Morgan fingerprint density at radius 2 is 1.78 bits per heavy atom. The van der Waals surface area contributed by atoms with Crippen LogP contribution in [0.3, 0.4) is 0 Å². The van der Waals surface area contributed by atoms with Crippen LogP contribution < -0.4 is 16.2 Å². The Labute approximate surface area is 222 Å². The summed E-state index contributed by atoms with van der Waals surface area (Å²) in [6, 6.07) is 6.08. The molecule has 0 radical (unpaired) electrons. The lowest BCUT2D eigenvalue weighted by Crippen LogP contribution is -2.41. The summed E-state index contributed by atoms with van der Waals surface area (Å²) in [6.45, 7) is 9.35. The molecule has 0 bridgehead atoms. The van der Waals surface area contributed by atoms with Gasteiger partial charge in [-0.25, -0.2) is 12.7 Å². The van der Waals surface area contributed by atoms with Crippen molar-refractivity contribution in [2.75, 3.05) is 25.5 Å². The zero-order valence-electron chi connectivity index (χ0n) is 21.9. The fourth-order valence-corrected chi connectivity index (χ4v) is 6.51. The standard InChI is InChI=1S/C25H35N5O5S2/c1-6-7-13-29(5)37(34,35)19-10-8-18(9-11-19)23(32)26-25-22(24(33)28-27-17(4)31)20-12-14-30(16(2)3)15-21(20)36-25/h8-11,16H,6-7,12-15H2,1-5H3,(H,26,32)(H,27,31)(H,28,33). The Balaban J connectivity index is 1.85. The van der Waals surface area contributed by atoms with E-state index in [1.807, 2.05) is 6.92 Å². The van der Waals surface area contributed by atoms with Gasteiger partial charge in [0.2, 0.25) is 15.9 Å². The highest BCUT2D eigenvalue weighted by Crippen LogP contribution is 2.38. The van der Waals surface area contributed by atoms with Crippen LogP contribution >= 0.6 is 11.3 Å². The molecule has 2 aromatic rings. The lowest BCUT2D eigenvalue weighted by molar-refractivity contribution is -0.119. The fraction of sp³-hybridized carbons (Fsp3) is 0.480. The van der Waals surface area contributed by atoms with Gasteiger partial charge in [-0.15, -0.1) is 11.3 Å². The Hall–Kier alpha value is -2.80. The number of nitrogens with zero attached hydrogens (tertiary/aromatic N) is 2. The summed E-state index contributed by atoms with van der Waals surface area (Å²) in [5, 5.41) is 3.22. The Kier molecular flexibility index (Phi) is 9.46. The van der Waals surface area contributed by atoms with Crippen LogP contribution in [0.25, 0.3) is 0 Å². The lowest BCUT2D eigenvalue weighted by atomic mass is 10.0. The third-order valence-electron chi connectivity index (χ3n) is 6.27. The quantitative estimate of drug-likeness (QED) is 0.413. The van der Waals surface area contributed by atoms with Crippen molar-refractivity contribution < 1.29 is 22.8 Å². The maximum Gasteiger partial charge on any atom is 0.272 e. The van der Waals surface area contributed by atoms with Crippen LogP contribution in [0.5, 0.6) is 0 Å². The van der Waals surface area contributed by atoms with Gasteiger partial charge in [0.1, 0.15) is 5.00 Å². The molecule has 0 saturated heterocycles. The molecule has 3 amide bonds. The highest BCUT2D eigenvalue weighted by Gasteiger charge is 2.30. The molecule has 37 heavy (non-hydrogen) atoms. The van der Waals surface area contributed by atoms with Crippen molar-refractivity contribution >= 4 is 44.1 Å². The first-order valence-corrected chi connectivity index (χ1v) is 14.5. The highest BCUT2D eigenvalue weighted by atomic mass is 32.2. The van der Waals surface area contributed by atoms with Crippen LogP contribution in [0.15, 0.2) is 29.2 Å². The molecule has 10 nitrogen and oxygen atoms in total. The molecule has 1 aromatic heterocycles. The third kappa shape index (κ3) is 6.75. The smallest absolute Gasteiger partial charge is 0.272 e. The number of benzene rings is 1. The van der Waals surface area contributed by atoms with Crippen LogP contribution in [0, 0.1) is 0 Å². The number of carbonyl (C=O) groups is 3. The predicted molar refractivity (Wildman–Crippen MR) is 144 cm³/mol. The van der Waals surface area contributed by atoms with Crippen LogP contribution in [0.1, 0.15) is 71.7 Å². The normalized spacial score (nSPS) is 13.9. The molecule has 3 rings (SSSR count). The zero-order valence-corrected chi connectivity index (χ0v) is 23.5. The second kappa shape index (κ2) is 12.2. The molecule has 0 atom stereocenters. The maximum absolute atomic E-state index is 13.1. The average molecular weight is 550 g/mol. The first-order valence-electron chi connectivity index (χ1n) is 12.3. The van der Waals surface area contributed by atoms with E-state index in [-0.39, 0.29) is 10.5 Å². The van der Waals surface area contributed by atoms with Crippen molar-refractivity contribution in [1.82, 2.24) is 20.1 Å². The predicted octanol–water partition coefficient (Wildman–Crippen LogP) is 2.97. The van der Waals surface area contributed by atoms with Crippen LogP contribution in [-0.2, 0) is 27.8 Å². The van der Waals surface area contributed by atoms with E-state index in [0.717, 1.165) is 29.8 Å². The monoisotopic (exact) mass is 549 g/mol. The van der Waals surface area contributed by atoms with Gasteiger partial charge in [-0.1, -0.05) is 13.3 Å². The molecule has 1 aromatic carbocycles. The molecule has 0 saturated carbocycles. The van der Waals surface area contributed by atoms with E-state index in [2.05, 4.69) is 34.9 Å². The number of fused-ring (bicyclic) bond motifs is 1. The van der Waals surface area contributed by atoms with Crippen molar-refractivity contribution in [3.8, 4) is 0 Å². The van der Waals surface area contributed by atoms with Crippen LogP contribution in [0.4, 0.5) is 5.00 Å². The van der Waals surface area contributed by atoms with Crippen molar-refractivity contribution in [3.05, 3.63) is 45.8 Å². The molecule has 0 spiro atoms. The molecule has 3 N–H and O–H groups in total. The second-order valence-corrected chi connectivity index (χ2v) is 12.5. The third-order valence-corrected chi connectivity index (χ3v) is 9.28. The fourth-order valence-electron chi connectivity index (χ4n) is 4.03. The number of hydrogen-bond acceptors (Lipinski definition) is 7. The number of anilines is 1. The van der Waals surface area contributed by atoms with Crippen molar-refractivity contribution in [2.45, 2.75) is 64.4 Å². The summed E-state index contributed by atoms with van der Waals surface area (Å²) in [6.07, 6.45) is 2.28. The molecule has 202 valence electrons. The molecule has 12 heteroatoms. The van der Waals surface area contributed by atoms with Gasteiger partial charge in [0, 0.05) is 50.1 Å². The van der Waals surface area contributed by atoms with E-state index in [0.29, 0.717) is 36.1 Å². The van der Waals surface area contributed by atoms with Crippen molar-refractivity contribution in [2.24, 2.45) is 0 Å². The second-order valence-electron chi connectivity index (χ2n) is 9.32. The number of unbranched alkanes of at least 4 members (excludes halogenated alkanes) is 1. The Morgan fingerprint density at radius 3 is 2.38 bits per heavy atom. The molecule has 2 heterocycles. The number of thiophene rings is 1. The van der Waals surface area contributed by atoms with Gasteiger partial charge in [0.05, 0.1) is 10.5 Å². The van der Waals surface area contributed by atoms with Crippen LogP contribution in [-0.4, -0.2) is 61.5 Å². The molecule has 0 fully saturated rings. The Bertz CT molecular complexity index is 1260. The topological polar surface area (TPSA) is 128 Å². The van der Waals surface area contributed by atoms with Gasteiger partial charge in [0.25, 0.3) is 11.8 Å². The molecule has 1 aliphatic heterocycles. The maximum atomic E-state index is 13.1. The minimum Gasteiger partial charge on any atom is -0.313 e. The van der Waals surface area contributed by atoms with E-state index in [4.69, 9.17) is 0 Å². The van der Waals surface area contributed by atoms with E-state index < -0.39 is 27.7 Å². The number of carbonyl (C=O) groups excluding carboxylic acids is 3. The van der Waals surface area contributed by atoms with E-state index in [9.17, 15) is 22.8 Å². The SMILES string of the molecule is CCCCN(C)S(=O)(=O)c1ccc(C(=O)Nc2sc3c(c2C(=O)NNC(C)=O)CCN(C(C)C)C3)cc1. The number of hydrazine groups is 1. The summed E-state index contributed by atoms with van der Waals surface area (Å²) >= 11 is 1.34. The number of nitrogens with one attached hydrogen (secondary N) is 3. The lowest BCUT2D eigenvalue weighted by Gasteiger charge is -2.30. The summed E-state index contributed by atoms with van der Waals surface area (Å²) in [5.41, 5.74) is 6.16. The van der Waals surface area contributed by atoms with Gasteiger partial charge >= 0.3 is 0 Å². The van der Waals surface area contributed by atoms with E-state index in [1.165, 1.54) is 53.9 Å². The minimum atomic E-state index is -3.65. The van der Waals surface area contributed by atoms with Crippen molar-refractivity contribution in [3.63, 3.8) is 0 Å². The number of sulfonamides is 1. The van der Waals surface area contributed by atoms with Crippen LogP contribution in [0.2, 0.25) is 0 Å². The van der Waals surface area contributed by atoms with Gasteiger partial charge in [-0.2, -0.15) is 0 Å². The van der Waals surface area contributed by atoms with Gasteiger partial charge in [0.15, 0.2) is 0 Å². The number of amides is 3. The first-order chi connectivity index (χ1) is 17.4. The van der Waals surface area contributed by atoms with E-state index >= 15 is 0 Å². The van der Waals surface area contributed by atoms with Gasteiger partial charge < -0.3 is 5.32 Å². The number of hydrogen-bond donors (Lipinski definition) is 3. The summed E-state index contributed by atoms with van der Waals surface area (Å²) in [5.74, 6) is -1.38. The molecule has 0 unspecified atom stereocenters. The highest BCUT2D eigenvalue weighted by molar-refractivity contribution is 7.89. The zero-order chi connectivity index (χ0) is 27.3. The summed E-state index contributed by atoms with van der Waals surface area (Å²) in [7, 11) is -2.11. The van der Waals surface area contributed by atoms with E-state index in [1.54, 1.807) is 0 Å². The Morgan fingerprint density at radius 1 is 1.11 bits per heavy atom. The first kappa shape index (κ1) is 28.8. The molecule has 0 aliphatic carbocycles. The molecular weight excluding hydrogens is 514 g/mol.